The van der Waals surface area contributed by atoms with Gasteiger partial charge in [-0.3, -0.25) is 0 Å². The average Bonchev–Trinajstić information content (AvgIpc) is 2.41. The fourth-order valence-electron chi connectivity index (χ4n) is 0.597. The van der Waals surface area contributed by atoms with Gasteiger partial charge in [-0.1, -0.05) is 6.07 Å². The molecule has 0 spiro atoms. The Balaban J connectivity index is 2.40. The molecule has 1 aromatic heterocycles. The molecule has 0 radical (unpaired) electrons. The van der Waals surface area contributed by atoms with Gasteiger partial charge < -0.3 is 4.74 Å². The van der Waals surface area contributed by atoms with E-state index in [0.29, 0.717) is 0 Å². The molecule has 0 saturated carbocycles. The van der Waals surface area contributed by atoms with Crippen LogP contribution < -0.4 is 0 Å². The predicted octanol–water partition coefficient (Wildman–Crippen LogP) is 2.76. The van der Waals surface area contributed by atoms with E-state index in [-0.39, 0.29) is 0 Å². The quantitative estimate of drug-likeness (QED) is 0.608. The molecule has 0 aliphatic rings. The van der Waals surface area contributed by atoms with Crippen molar-refractivity contribution < 1.29 is 4.74 Å². The normalized spacial score (nSPS) is 10.5. The number of thiophene rings is 1. The van der Waals surface area contributed by atoms with Crippen molar-refractivity contribution in [1.82, 2.24) is 0 Å². The number of rotatable bonds is 3. The lowest BCUT2D eigenvalue weighted by atomic mass is 10.5. The van der Waals surface area contributed by atoms with E-state index >= 15 is 0 Å². The lowest BCUT2D eigenvalue weighted by molar-refractivity contribution is 0.272. The Hall–Kier alpha value is -0.760. The Kier molecular flexibility index (Phi) is 3.03. The van der Waals surface area contributed by atoms with Gasteiger partial charge >= 0.3 is 0 Å². The molecule has 10 heavy (non-hydrogen) atoms. The molecule has 1 aromatic rings. The first kappa shape index (κ1) is 7.35. The van der Waals surface area contributed by atoms with Crippen molar-refractivity contribution in [2.24, 2.45) is 0 Å². The topological polar surface area (TPSA) is 9.23 Å². The van der Waals surface area contributed by atoms with Crippen molar-refractivity contribution in [3.63, 3.8) is 0 Å². The van der Waals surface area contributed by atoms with Crippen LogP contribution in [0.3, 0.4) is 0 Å². The minimum atomic E-state index is 0.738. The van der Waals surface area contributed by atoms with Gasteiger partial charge in [-0.2, -0.15) is 0 Å². The summed E-state index contributed by atoms with van der Waals surface area (Å²) in [7, 11) is 0. The molecular weight excluding hydrogens is 144 g/mol. The summed E-state index contributed by atoms with van der Waals surface area (Å²) < 4.78 is 5.03. The highest BCUT2D eigenvalue weighted by Crippen LogP contribution is 2.09. The summed E-state index contributed by atoms with van der Waals surface area (Å²) in [5.74, 6) is 0. The SMILES string of the molecule is CCOC=Cc1cccs1. The molecule has 0 aliphatic heterocycles. The van der Waals surface area contributed by atoms with E-state index < -0.39 is 0 Å². The molecule has 0 atom stereocenters. The van der Waals surface area contributed by atoms with Gasteiger partial charge in [0.05, 0.1) is 12.9 Å². The van der Waals surface area contributed by atoms with Crippen molar-refractivity contribution >= 4 is 17.4 Å². The summed E-state index contributed by atoms with van der Waals surface area (Å²) in [5.41, 5.74) is 0. The van der Waals surface area contributed by atoms with Gasteiger partial charge in [-0.15, -0.1) is 11.3 Å². The minimum Gasteiger partial charge on any atom is -0.501 e. The first-order valence-electron chi connectivity index (χ1n) is 3.25. The molecule has 0 N–H and O–H groups in total. The largest absolute Gasteiger partial charge is 0.501 e. The van der Waals surface area contributed by atoms with Crippen LogP contribution in [0.5, 0.6) is 0 Å². The summed E-state index contributed by atoms with van der Waals surface area (Å²) in [6.45, 7) is 2.71. The Morgan fingerprint density at radius 2 is 2.60 bits per heavy atom. The molecule has 0 saturated heterocycles. The Morgan fingerprint density at radius 1 is 1.70 bits per heavy atom. The van der Waals surface area contributed by atoms with Gasteiger partial charge in [0.1, 0.15) is 0 Å². The summed E-state index contributed by atoms with van der Waals surface area (Å²) >= 11 is 1.71. The first-order chi connectivity index (χ1) is 4.93. The van der Waals surface area contributed by atoms with Crippen molar-refractivity contribution in [2.45, 2.75) is 6.92 Å². The maximum atomic E-state index is 5.03. The lowest BCUT2D eigenvalue weighted by Crippen LogP contribution is -1.74. The van der Waals surface area contributed by atoms with Crippen LogP contribution >= 0.6 is 11.3 Å². The summed E-state index contributed by atoms with van der Waals surface area (Å²) in [4.78, 5) is 1.23. The van der Waals surface area contributed by atoms with Crippen LogP contribution in [-0.2, 0) is 4.74 Å². The average molecular weight is 154 g/mol. The molecule has 0 aromatic carbocycles. The molecule has 0 bridgehead atoms. The molecule has 0 unspecified atom stereocenters. The van der Waals surface area contributed by atoms with Crippen molar-refractivity contribution in [3.8, 4) is 0 Å². The molecule has 0 aliphatic carbocycles. The van der Waals surface area contributed by atoms with Crippen molar-refractivity contribution in [1.29, 1.82) is 0 Å². The molecular formula is C8H10OS. The van der Waals surface area contributed by atoms with Crippen LogP contribution in [0.15, 0.2) is 23.8 Å². The monoisotopic (exact) mass is 154 g/mol. The highest BCUT2D eigenvalue weighted by Gasteiger charge is 1.82. The molecule has 1 heterocycles. The Morgan fingerprint density at radius 3 is 3.20 bits per heavy atom. The van der Waals surface area contributed by atoms with Gasteiger partial charge in [0.15, 0.2) is 0 Å². The molecule has 1 rings (SSSR count). The van der Waals surface area contributed by atoms with Crippen LogP contribution in [-0.4, -0.2) is 6.61 Å². The third-order valence-corrected chi connectivity index (χ3v) is 1.88. The molecule has 54 valence electrons. The summed E-state index contributed by atoms with van der Waals surface area (Å²) in [5, 5.41) is 2.05. The zero-order valence-electron chi connectivity index (χ0n) is 5.91. The Labute approximate surface area is 65.0 Å². The number of ether oxygens (including phenoxy) is 1. The van der Waals surface area contributed by atoms with E-state index in [2.05, 4.69) is 6.07 Å². The van der Waals surface area contributed by atoms with E-state index in [1.165, 1.54) is 4.88 Å². The molecule has 0 amide bonds. The first-order valence-corrected chi connectivity index (χ1v) is 4.13. The lowest BCUT2D eigenvalue weighted by Gasteiger charge is -1.89. The van der Waals surface area contributed by atoms with E-state index in [0.717, 1.165) is 6.61 Å². The molecule has 1 nitrogen and oxygen atoms in total. The third-order valence-electron chi connectivity index (χ3n) is 1.04. The zero-order chi connectivity index (χ0) is 7.23. The second-order valence-electron chi connectivity index (χ2n) is 1.77. The highest BCUT2D eigenvalue weighted by molar-refractivity contribution is 7.10. The van der Waals surface area contributed by atoms with Gasteiger partial charge in [0, 0.05) is 4.88 Å². The number of hydrogen-bond donors (Lipinski definition) is 0. The molecule has 2 heteroatoms. The third kappa shape index (κ3) is 2.23. The fourth-order valence-corrected chi connectivity index (χ4v) is 1.20. The highest BCUT2D eigenvalue weighted by atomic mass is 32.1. The van der Waals surface area contributed by atoms with Crippen molar-refractivity contribution in [2.75, 3.05) is 6.61 Å². The van der Waals surface area contributed by atoms with Gasteiger partial charge in [0.2, 0.25) is 0 Å². The van der Waals surface area contributed by atoms with Crippen LogP contribution in [0.1, 0.15) is 11.8 Å². The molecule has 0 fully saturated rings. The summed E-state index contributed by atoms with van der Waals surface area (Å²) in [6.07, 6.45) is 3.69. The standard InChI is InChI=1S/C8H10OS/c1-2-9-6-5-8-4-3-7-10-8/h3-7H,2H2,1H3. The predicted molar refractivity (Wildman–Crippen MR) is 45.0 cm³/mol. The van der Waals surface area contributed by atoms with Gasteiger partial charge in [0.25, 0.3) is 0 Å². The fraction of sp³-hybridized carbons (Fsp3) is 0.250. The second kappa shape index (κ2) is 4.12. The van der Waals surface area contributed by atoms with E-state index in [4.69, 9.17) is 4.74 Å². The van der Waals surface area contributed by atoms with Crippen LogP contribution in [0.25, 0.3) is 6.08 Å². The Bertz CT molecular complexity index is 189. The van der Waals surface area contributed by atoms with Crippen molar-refractivity contribution in [3.05, 3.63) is 28.7 Å². The second-order valence-corrected chi connectivity index (χ2v) is 2.75. The minimum absolute atomic E-state index is 0.738. The zero-order valence-corrected chi connectivity index (χ0v) is 6.73. The number of hydrogen-bond acceptors (Lipinski definition) is 2. The van der Waals surface area contributed by atoms with E-state index in [1.807, 2.05) is 24.4 Å². The van der Waals surface area contributed by atoms with Crippen LogP contribution in [0.2, 0.25) is 0 Å². The van der Waals surface area contributed by atoms with Crippen LogP contribution in [0, 0.1) is 0 Å². The summed E-state index contributed by atoms with van der Waals surface area (Å²) in [6, 6.07) is 4.08. The van der Waals surface area contributed by atoms with E-state index in [1.54, 1.807) is 17.6 Å². The van der Waals surface area contributed by atoms with Gasteiger partial charge in [-0.25, -0.2) is 0 Å². The van der Waals surface area contributed by atoms with Gasteiger partial charge in [-0.05, 0) is 24.4 Å². The maximum Gasteiger partial charge on any atom is 0.0845 e. The van der Waals surface area contributed by atoms with E-state index in [9.17, 15) is 0 Å². The smallest absolute Gasteiger partial charge is 0.0845 e. The van der Waals surface area contributed by atoms with Crippen LogP contribution in [0.4, 0.5) is 0 Å². The maximum absolute atomic E-state index is 5.03.